The lowest BCUT2D eigenvalue weighted by atomic mass is 9.72. The van der Waals surface area contributed by atoms with Crippen LogP contribution in [0.2, 0.25) is 0 Å². The third kappa shape index (κ3) is 2.68. The highest BCUT2D eigenvalue weighted by molar-refractivity contribution is 5.83. The topological polar surface area (TPSA) is 32.8 Å². The van der Waals surface area contributed by atoms with Crippen molar-refractivity contribution in [1.82, 2.24) is 9.80 Å². The van der Waals surface area contributed by atoms with Gasteiger partial charge in [0.25, 0.3) is 0 Å². The van der Waals surface area contributed by atoms with Crippen LogP contribution < -0.4 is 0 Å². The molecule has 4 nitrogen and oxygen atoms in total. The monoisotopic (exact) mass is 314 g/mol. The van der Waals surface area contributed by atoms with E-state index >= 15 is 0 Å². The summed E-state index contributed by atoms with van der Waals surface area (Å²) in [5, 5.41) is 0. The fourth-order valence-corrected chi connectivity index (χ4v) is 4.57. The number of benzene rings is 1. The van der Waals surface area contributed by atoms with E-state index < -0.39 is 0 Å². The first-order valence-electron chi connectivity index (χ1n) is 8.82. The van der Waals surface area contributed by atoms with E-state index in [9.17, 15) is 4.79 Å². The van der Waals surface area contributed by atoms with Gasteiger partial charge in [0.05, 0.1) is 12.0 Å². The van der Waals surface area contributed by atoms with Crippen LogP contribution in [0.3, 0.4) is 0 Å². The maximum absolute atomic E-state index is 13.1. The number of carbonyl (C=O) groups excluding carboxylic acids is 1. The van der Waals surface area contributed by atoms with Gasteiger partial charge in [-0.1, -0.05) is 24.3 Å². The summed E-state index contributed by atoms with van der Waals surface area (Å²) in [5.41, 5.74) is 2.48. The maximum Gasteiger partial charge on any atom is 0.229 e. The number of hydrogen-bond donors (Lipinski definition) is 0. The van der Waals surface area contributed by atoms with Gasteiger partial charge in [-0.2, -0.15) is 0 Å². The van der Waals surface area contributed by atoms with Gasteiger partial charge in [-0.25, -0.2) is 0 Å². The van der Waals surface area contributed by atoms with E-state index in [2.05, 4.69) is 29.2 Å². The Morgan fingerprint density at radius 1 is 1.17 bits per heavy atom. The van der Waals surface area contributed by atoms with Crippen LogP contribution in [-0.4, -0.2) is 55.1 Å². The van der Waals surface area contributed by atoms with Crippen molar-refractivity contribution in [3.8, 4) is 0 Å². The van der Waals surface area contributed by atoms with Crippen molar-refractivity contribution in [3.63, 3.8) is 0 Å². The molecule has 0 bridgehead atoms. The van der Waals surface area contributed by atoms with Crippen LogP contribution >= 0.6 is 0 Å². The second kappa shape index (κ2) is 5.91. The Morgan fingerprint density at radius 2 is 1.91 bits per heavy atom. The molecule has 0 N–H and O–H groups in total. The highest BCUT2D eigenvalue weighted by atomic mass is 16.5. The molecular formula is C19H26N2O2. The minimum absolute atomic E-state index is 0.197. The highest BCUT2D eigenvalue weighted by Crippen LogP contribution is 2.40. The number of rotatable bonds is 1. The predicted octanol–water partition coefficient (Wildman–Crippen LogP) is 2.07. The number of nitrogens with zero attached hydrogens (tertiary/aromatic N) is 2. The van der Waals surface area contributed by atoms with Crippen molar-refractivity contribution in [2.75, 3.05) is 33.4 Å². The van der Waals surface area contributed by atoms with Gasteiger partial charge in [0.15, 0.2) is 0 Å². The van der Waals surface area contributed by atoms with Crippen LogP contribution in [0.25, 0.3) is 0 Å². The first-order chi connectivity index (χ1) is 11.2. The first-order valence-corrected chi connectivity index (χ1v) is 8.82. The molecule has 3 aliphatic heterocycles. The Kier molecular flexibility index (Phi) is 3.90. The Balaban J connectivity index is 1.56. The van der Waals surface area contributed by atoms with E-state index in [4.69, 9.17) is 4.74 Å². The lowest BCUT2D eigenvalue weighted by Crippen LogP contribution is -2.51. The summed E-state index contributed by atoms with van der Waals surface area (Å²) in [5.74, 6) is 0.344. The molecule has 1 atom stereocenters. The molecule has 0 saturated carbocycles. The summed E-state index contributed by atoms with van der Waals surface area (Å²) in [6, 6.07) is 9.13. The lowest BCUT2D eigenvalue weighted by Gasteiger charge is -2.43. The van der Waals surface area contributed by atoms with Crippen LogP contribution in [0.4, 0.5) is 0 Å². The zero-order valence-electron chi connectivity index (χ0n) is 14.0. The van der Waals surface area contributed by atoms with Gasteiger partial charge in [0.1, 0.15) is 0 Å². The molecule has 1 amide bonds. The first kappa shape index (κ1) is 15.2. The molecule has 2 saturated heterocycles. The normalized spacial score (nSPS) is 28.0. The molecule has 1 unspecified atom stereocenters. The van der Waals surface area contributed by atoms with Gasteiger partial charge in [0.2, 0.25) is 5.91 Å². The van der Waals surface area contributed by atoms with E-state index in [1.165, 1.54) is 11.1 Å². The minimum atomic E-state index is -0.197. The number of amides is 1. The molecular weight excluding hydrogens is 288 g/mol. The summed E-state index contributed by atoms with van der Waals surface area (Å²) in [6.07, 6.45) is 3.99. The van der Waals surface area contributed by atoms with Gasteiger partial charge < -0.3 is 9.64 Å². The van der Waals surface area contributed by atoms with Gasteiger partial charge in [-0.05, 0) is 49.9 Å². The zero-order valence-corrected chi connectivity index (χ0v) is 14.0. The number of hydrogen-bond acceptors (Lipinski definition) is 3. The molecule has 3 heterocycles. The molecule has 1 aromatic carbocycles. The quantitative estimate of drug-likeness (QED) is 0.795. The Labute approximate surface area is 138 Å². The third-order valence-electron chi connectivity index (χ3n) is 6.03. The summed E-state index contributed by atoms with van der Waals surface area (Å²) in [6.45, 7) is 4.55. The fourth-order valence-electron chi connectivity index (χ4n) is 4.57. The molecule has 4 rings (SSSR count). The van der Waals surface area contributed by atoms with Crippen molar-refractivity contribution in [2.24, 2.45) is 5.41 Å². The molecule has 3 aliphatic rings. The average molecular weight is 314 g/mol. The number of ether oxygens (including phenoxy) is 1. The van der Waals surface area contributed by atoms with Crippen LogP contribution in [0.1, 0.15) is 30.4 Å². The Bertz CT molecular complexity index is 587. The standard InChI is InChI=1S/C19H26N2O2/c1-20-13-16-5-3-2-4-15(16)12-19(18(20)22)7-9-21(10-8-19)17-6-11-23-14-17/h2-5,17H,6-14H2,1H3. The number of piperidine rings is 1. The lowest BCUT2D eigenvalue weighted by molar-refractivity contribution is -0.144. The van der Waals surface area contributed by atoms with E-state index in [1.54, 1.807) is 0 Å². The van der Waals surface area contributed by atoms with Crippen molar-refractivity contribution >= 4 is 5.91 Å². The molecule has 0 radical (unpaired) electrons. The summed E-state index contributed by atoms with van der Waals surface area (Å²) in [7, 11) is 1.96. The van der Waals surface area contributed by atoms with E-state index in [0.717, 1.165) is 58.5 Å². The second-order valence-corrected chi connectivity index (χ2v) is 7.44. The predicted molar refractivity (Wildman–Crippen MR) is 89.1 cm³/mol. The summed E-state index contributed by atoms with van der Waals surface area (Å²) >= 11 is 0. The molecule has 4 heteroatoms. The Hall–Kier alpha value is -1.39. The van der Waals surface area contributed by atoms with Crippen molar-refractivity contribution in [3.05, 3.63) is 35.4 Å². The highest BCUT2D eigenvalue weighted by Gasteiger charge is 2.45. The Morgan fingerprint density at radius 3 is 2.61 bits per heavy atom. The minimum Gasteiger partial charge on any atom is -0.380 e. The van der Waals surface area contributed by atoms with Crippen LogP contribution in [0.15, 0.2) is 24.3 Å². The van der Waals surface area contributed by atoms with E-state index in [0.29, 0.717) is 11.9 Å². The summed E-state index contributed by atoms with van der Waals surface area (Å²) < 4.78 is 5.54. The zero-order chi connectivity index (χ0) is 15.9. The van der Waals surface area contributed by atoms with Gasteiger partial charge in [0, 0.05) is 26.2 Å². The molecule has 0 aromatic heterocycles. The molecule has 1 aromatic rings. The maximum atomic E-state index is 13.1. The van der Waals surface area contributed by atoms with Crippen LogP contribution in [-0.2, 0) is 22.5 Å². The SMILES string of the molecule is CN1Cc2ccccc2CC2(CCN(C3CCOC3)CC2)C1=O. The van der Waals surface area contributed by atoms with E-state index in [1.807, 2.05) is 11.9 Å². The second-order valence-electron chi connectivity index (χ2n) is 7.44. The molecule has 0 aliphatic carbocycles. The molecule has 124 valence electrons. The number of fused-ring (bicyclic) bond motifs is 1. The average Bonchev–Trinajstić information content (AvgIpc) is 3.08. The third-order valence-corrected chi connectivity index (χ3v) is 6.03. The van der Waals surface area contributed by atoms with Gasteiger partial charge in [-0.15, -0.1) is 0 Å². The van der Waals surface area contributed by atoms with Crippen molar-refractivity contribution < 1.29 is 9.53 Å². The van der Waals surface area contributed by atoms with E-state index in [-0.39, 0.29) is 5.41 Å². The summed E-state index contributed by atoms with van der Waals surface area (Å²) in [4.78, 5) is 17.6. The van der Waals surface area contributed by atoms with Crippen LogP contribution in [0.5, 0.6) is 0 Å². The number of likely N-dealkylation sites (tertiary alicyclic amines) is 1. The smallest absolute Gasteiger partial charge is 0.229 e. The van der Waals surface area contributed by atoms with Gasteiger partial charge in [-0.3, -0.25) is 9.69 Å². The van der Waals surface area contributed by atoms with Crippen molar-refractivity contribution in [1.29, 1.82) is 0 Å². The van der Waals surface area contributed by atoms with Crippen LogP contribution in [0, 0.1) is 5.41 Å². The number of carbonyl (C=O) groups is 1. The van der Waals surface area contributed by atoms with Gasteiger partial charge >= 0.3 is 0 Å². The largest absolute Gasteiger partial charge is 0.380 e. The van der Waals surface area contributed by atoms with Crippen molar-refractivity contribution in [2.45, 2.75) is 38.3 Å². The fraction of sp³-hybridized carbons (Fsp3) is 0.632. The molecule has 2 fully saturated rings. The molecule has 1 spiro atoms. The molecule has 23 heavy (non-hydrogen) atoms.